The number of piperidine rings is 1. The predicted octanol–water partition coefficient (Wildman–Crippen LogP) is 4.72. The van der Waals surface area contributed by atoms with Crippen molar-refractivity contribution >= 4 is 38.3 Å². The van der Waals surface area contributed by atoms with Crippen LogP contribution in [0.25, 0.3) is 10.2 Å². The highest BCUT2D eigenvalue weighted by Gasteiger charge is 2.43. The van der Waals surface area contributed by atoms with Crippen molar-refractivity contribution in [2.45, 2.75) is 31.4 Å². The number of fused-ring (bicyclic) bond motifs is 2. The molecule has 2 aliphatic rings. The van der Waals surface area contributed by atoms with Crippen LogP contribution in [0.5, 0.6) is 11.5 Å². The van der Waals surface area contributed by atoms with Gasteiger partial charge >= 0.3 is 0 Å². The Morgan fingerprint density at radius 3 is 2.76 bits per heavy atom. The maximum absolute atomic E-state index is 6.84. The van der Waals surface area contributed by atoms with Crippen LogP contribution in [0.3, 0.4) is 0 Å². The summed E-state index contributed by atoms with van der Waals surface area (Å²) in [4.78, 5) is 7.18. The van der Waals surface area contributed by atoms with Gasteiger partial charge in [-0.1, -0.05) is 35.1 Å². The molecular formula is C22H24ClN3O2S. The third-order valence-corrected chi connectivity index (χ3v) is 7.52. The first-order valence-corrected chi connectivity index (χ1v) is 11.2. The van der Waals surface area contributed by atoms with Crippen molar-refractivity contribution in [3.63, 3.8) is 0 Å². The van der Waals surface area contributed by atoms with Crippen LogP contribution in [0.4, 0.5) is 5.13 Å². The van der Waals surface area contributed by atoms with E-state index in [1.165, 1.54) is 4.70 Å². The van der Waals surface area contributed by atoms with Gasteiger partial charge in [-0.15, -0.1) is 0 Å². The molecule has 152 valence electrons. The zero-order valence-corrected chi connectivity index (χ0v) is 17.9. The number of para-hydroxylation sites is 1. The van der Waals surface area contributed by atoms with Crippen LogP contribution >= 0.6 is 22.9 Å². The molecule has 2 unspecified atom stereocenters. The first-order chi connectivity index (χ1) is 14.0. The van der Waals surface area contributed by atoms with Gasteiger partial charge in [0.1, 0.15) is 6.61 Å². The Labute approximate surface area is 179 Å². The summed E-state index contributed by atoms with van der Waals surface area (Å²) in [6.45, 7) is 4.45. The van der Waals surface area contributed by atoms with Gasteiger partial charge < -0.3 is 20.1 Å². The predicted molar refractivity (Wildman–Crippen MR) is 119 cm³/mol. The minimum Gasteiger partial charge on any atom is -0.486 e. The molecule has 1 saturated heterocycles. The number of aromatic nitrogens is 1. The Hall–Kier alpha value is -2.02. The molecule has 2 aliphatic heterocycles. The summed E-state index contributed by atoms with van der Waals surface area (Å²) in [6.07, 6.45) is 1.81. The summed E-state index contributed by atoms with van der Waals surface area (Å²) in [5.41, 5.74) is 7.42. The normalized spacial score (nSPS) is 21.9. The molecule has 0 saturated carbocycles. The van der Waals surface area contributed by atoms with Gasteiger partial charge in [-0.05, 0) is 49.9 Å². The van der Waals surface area contributed by atoms with Gasteiger partial charge in [-0.25, -0.2) is 4.98 Å². The standard InChI is InChI=1S/C22H24ClN3O2S/c1-22(24,20-13-27-17-7-6-15(23)12-18(17)28-20)14-8-10-26(11-9-14)21-25-16-4-2-3-5-19(16)29-21/h2-7,12,14,20H,8-11,13,24H2,1H3. The quantitative estimate of drug-likeness (QED) is 0.652. The van der Waals surface area contributed by atoms with E-state index in [0.29, 0.717) is 23.3 Å². The molecule has 5 rings (SSSR count). The van der Waals surface area contributed by atoms with Gasteiger partial charge in [0.2, 0.25) is 0 Å². The Kier molecular flexibility index (Phi) is 4.81. The molecular weight excluding hydrogens is 406 g/mol. The molecule has 0 amide bonds. The minimum atomic E-state index is -0.486. The van der Waals surface area contributed by atoms with Gasteiger partial charge in [-0.2, -0.15) is 0 Å². The van der Waals surface area contributed by atoms with E-state index in [-0.39, 0.29) is 6.10 Å². The van der Waals surface area contributed by atoms with Gasteiger partial charge in [0.25, 0.3) is 0 Å². The Morgan fingerprint density at radius 1 is 1.17 bits per heavy atom. The third kappa shape index (κ3) is 3.54. The van der Waals surface area contributed by atoms with Crippen molar-refractivity contribution in [3.05, 3.63) is 47.5 Å². The van der Waals surface area contributed by atoms with Crippen molar-refractivity contribution in [2.75, 3.05) is 24.6 Å². The van der Waals surface area contributed by atoms with Gasteiger partial charge in [0, 0.05) is 24.2 Å². The van der Waals surface area contributed by atoms with E-state index < -0.39 is 5.54 Å². The smallest absolute Gasteiger partial charge is 0.186 e. The van der Waals surface area contributed by atoms with Gasteiger partial charge in [-0.3, -0.25) is 0 Å². The zero-order chi connectivity index (χ0) is 20.0. The summed E-state index contributed by atoms with van der Waals surface area (Å²) in [5, 5.41) is 1.74. The molecule has 3 heterocycles. The van der Waals surface area contributed by atoms with E-state index >= 15 is 0 Å². The van der Waals surface area contributed by atoms with Crippen LogP contribution < -0.4 is 20.1 Å². The summed E-state index contributed by atoms with van der Waals surface area (Å²) in [6, 6.07) is 13.8. The molecule has 1 fully saturated rings. The molecule has 29 heavy (non-hydrogen) atoms. The second-order valence-electron chi connectivity index (χ2n) is 8.10. The van der Waals surface area contributed by atoms with Crippen LogP contribution in [0.1, 0.15) is 19.8 Å². The lowest BCUT2D eigenvalue weighted by atomic mass is 9.76. The van der Waals surface area contributed by atoms with Crippen molar-refractivity contribution in [1.29, 1.82) is 0 Å². The lowest BCUT2D eigenvalue weighted by molar-refractivity contribution is 0.00938. The molecule has 0 aliphatic carbocycles. The molecule has 2 aromatic carbocycles. The molecule has 5 nitrogen and oxygen atoms in total. The van der Waals surface area contributed by atoms with Crippen LogP contribution in [0.2, 0.25) is 5.02 Å². The molecule has 0 bridgehead atoms. The number of benzene rings is 2. The number of nitrogens with zero attached hydrogens (tertiary/aromatic N) is 2. The average Bonchev–Trinajstić information content (AvgIpc) is 3.17. The maximum atomic E-state index is 6.84. The fourth-order valence-corrected chi connectivity index (χ4v) is 5.48. The molecule has 0 radical (unpaired) electrons. The minimum absolute atomic E-state index is 0.201. The highest BCUT2D eigenvalue weighted by Crippen LogP contribution is 2.40. The van der Waals surface area contributed by atoms with E-state index in [4.69, 9.17) is 31.8 Å². The Bertz CT molecular complexity index is 997. The molecule has 2 atom stereocenters. The zero-order valence-electron chi connectivity index (χ0n) is 16.3. The average molecular weight is 430 g/mol. The fourth-order valence-electron chi connectivity index (χ4n) is 4.30. The third-order valence-electron chi connectivity index (χ3n) is 6.19. The summed E-state index contributed by atoms with van der Waals surface area (Å²) in [5.74, 6) is 1.76. The van der Waals surface area contributed by atoms with E-state index in [1.54, 1.807) is 17.4 Å². The van der Waals surface area contributed by atoms with E-state index in [1.807, 2.05) is 18.2 Å². The highest BCUT2D eigenvalue weighted by atomic mass is 35.5. The Balaban J connectivity index is 1.27. The number of halogens is 1. The van der Waals surface area contributed by atoms with Crippen molar-refractivity contribution in [3.8, 4) is 11.5 Å². The van der Waals surface area contributed by atoms with E-state index in [2.05, 4.69) is 30.0 Å². The van der Waals surface area contributed by atoms with Crippen LogP contribution in [0, 0.1) is 5.92 Å². The first-order valence-electron chi connectivity index (χ1n) is 9.99. The SMILES string of the molecule is CC(N)(C1CCN(c2nc3ccccc3s2)CC1)C1COc2ccc(Cl)cc2O1. The number of hydrogen-bond acceptors (Lipinski definition) is 6. The van der Waals surface area contributed by atoms with Crippen LogP contribution in [-0.2, 0) is 0 Å². The molecule has 0 spiro atoms. The van der Waals surface area contributed by atoms with Crippen LogP contribution in [0.15, 0.2) is 42.5 Å². The number of thiazole rings is 1. The van der Waals surface area contributed by atoms with Crippen molar-refractivity contribution in [2.24, 2.45) is 11.7 Å². The maximum Gasteiger partial charge on any atom is 0.186 e. The van der Waals surface area contributed by atoms with E-state index in [0.717, 1.165) is 42.3 Å². The number of hydrogen-bond donors (Lipinski definition) is 1. The number of rotatable bonds is 3. The van der Waals surface area contributed by atoms with E-state index in [9.17, 15) is 0 Å². The summed E-state index contributed by atoms with van der Waals surface area (Å²) in [7, 11) is 0. The lowest BCUT2D eigenvalue weighted by Crippen LogP contribution is -2.61. The number of anilines is 1. The molecule has 1 aromatic heterocycles. The van der Waals surface area contributed by atoms with Gasteiger partial charge in [0.15, 0.2) is 22.7 Å². The molecule has 2 N–H and O–H groups in total. The number of nitrogens with two attached hydrogens (primary N) is 1. The van der Waals surface area contributed by atoms with Crippen molar-refractivity contribution in [1.82, 2.24) is 4.98 Å². The monoisotopic (exact) mass is 429 g/mol. The summed E-state index contributed by atoms with van der Waals surface area (Å²) >= 11 is 7.87. The second kappa shape index (κ2) is 7.35. The Morgan fingerprint density at radius 2 is 1.97 bits per heavy atom. The van der Waals surface area contributed by atoms with Gasteiger partial charge in [0.05, 0.1) is 15.8 Å². The molecule has 3 aromatic rings. The number of ether oxygens (including phenoxy) is 2. The highest BCUT2D eigenvalue weighted by molar-refractivity contribution is 7.22. The van der Waals surface area contributed by atoms with Crippen LogP contribution in [-0.4, -0.2) is 36.3 Å². The topological polar surface area (TPSA) is 60.6 Å². The molecule has 7 heteroatoms. The second-order valence-corrected chi connectivity index (χ2v) is 9.55. The lowest BCUT2D eigenvalue weighted by Gasteiger charge is -2.45. The van der Waals surface area contributed by atoms with Crippen molar-refractivity contribution < 1.29 is 9.47 Å². The summed E-state index contributed by atoms with van der Waals surface area (Å²) < 4.78 is 13.4. The fraction of sp³-hybridized carbons (Fsp3) is 0.409. The largest absolute Gasteiger partial charge is 0.486 e. The first kappa shape index (κ1) is 19.0.